The van der Waals surface area contributed by atoms with Crippen LogP contribution in [0.15, 0.2) is 12.1 Å². The highest BCUT2D eigenvalue weighted by Crippen LogP contribution is 2.31. The second-order valence-electron chi connectivity index (χ2n) is 5.97. The molecule has 0 spiro atoms. The lowest BCUT2D eigenvalue weighted by Gasteiger charge is -2.30. The Morgan fingerprint density at radius 1 is 1.48 bits per heavy atom. The van der Waals surface area contributed by atoms with E-state index in [0.29, 0.717) is 17.3 Å². The number of hydrogen-bond donors (Lipinski definition) is 1. The Hall–Kier alpha value is -1.75. The minimum atomic E-state index is -0.374. The van der Waals surface area contributed by atoms with E-state index in [4.69, 9.17) is 10.5 Å². The van der Waals surface area contributed by atoms with Gasteiger partial charge in [-0.2, -0.15) is 0 Å². The van der Waals surface area contributed by atoms with Gasteiger partial charge in [-0.05, 0) is 51.6 Å². The fourth-order valence-corrected chi connectivity index (χ4v) is 3.01. The highest BCUT2D eigenvalue weighted by Gasteiger charge is 2.26. The molecule has 1 unspecified atom stereocenters. The molecule has 5 nitrogen and oxygen atoms in total. The number of methoxy groups -OCH3 is 1. The van der Waals surface area contributed by atoms with E-state index in [1.54, 1.807) is 0 Å². The summed E-state index contributed by atoms with van der Waals surface area (Å²) in [6.45, 7) is 3.96. The van der Waals surface area contributed by atoms with Gasteiger partial charge in [-0.1, -0.05) is 0 Å². The molecule has 5 heteroatoms. The minimum absolute atomic E-state index is 0.374. The first-order valence-corrected chi connectivity index (χ1v) is 7.34. The molecular formula is C16H25N3O2. The number of hydrogen-bond acceptors (Lipinski definition) is 5. The molecule has 0 aliphatic carbocycles. The summed E-state index contributed by atoms with van der Waals surface area (Å²) >= 11 is 0. The first kappa shape index (κ1) is 15.6. The molecule has 1 aromatic rings. The van der Waals surface area contributed by atoms with Crippen LogP contribution >= 0.6 is 0 Å². The van der Waals surface area contributed by atoms with Gasteiger partial charge in [-0.3, -0.25) is 0 Å². The van der Waals surface area contributed by atoms with Crippen molar-refractivity contribution < 1.29 is 9.53 Å². The van der Waals surface area contributed by atoms with E-state index in [1.165, 1.54) is 20.0 Å². The molecular weight excluding hydrogens is 266 g/mol. The first-order valence-electron chi connectivity index (χ1n) is 7.34. The predicted molar refractivity (Wildman–Crippen MR) is 85.9 cm³/mol. The molecule has 1 aliphatic rings. The summed E-state index contributed by atoms with van der Waals surface area (Å²) < 4.78 is 4.84. The number of carbonyl (C=O) groups is 1. The smallest absolute Gasteiger partial charge is 0.340 e. The molecule has 0 amide bonds. The number of aryl methyl sites for hydroxylation is 1. The van der Waals surface area contributed by atoms with Crippen LogP contribution in [0.3, 0.4) is 0 Å². The van der Waals surface area contributed by atoms with Gasteiger partial charge < -0.3 is 20.3 Å². The van der Waals surface area contributed by atoms with Crippen molar-refractivity contribution in [3.05, 3.63) is 23.3 Å². The molecule has 0 saturated carbocycles. The summed E-state index contributed by atoms with van der Waals surface area (Å²) in [5, 5.41) is 0. The molecule has 1 saturated heterocycles. The van der Waals surface area contributed by atoms with Crippen molar-refractivity contribution in [2.45, 2.75) is 25.8 Å². The highest BCUT2D eigenvalue weighted by atomic mass is 16.5. The lowest BCUT2D eigenvalue weighted by Crippen LogP contribution is -2.37. The molecule has 2 rings (SSSR count). The normalized spacial score (nSPS) is 18.3. The quantitative estimate of drug-likeness (QED) is 0.678. The van der Waals surface area contributed by atoms with Crippen LogP contribution in [-0.2, 0) is 4.74 Å². The van der Waals surface area contributed by atoms with E-state index in [1.807, 2.05) is 13.0 Å². The first-order chi connectivity index (χ1) is 9.93. The van der Waals surface area contributed by atoms with E-state index in [9.17, 15) is 4.79 Å². The van der Waals surface area contributed by atoms with Crippen molar-refractivity contribution in [2.75, 3.05) is 44.9 Å². The van der Waals surface area contributed by atoms with Crippen LogP contribution in [0.4, 0.5) is 11.4 Å². The Kier molecular flexibility index (Phi) is 4.73. The average molecular weight is 291 g/mol. The number of nitrogens with two attached hydrogens (primary N) is 1. The van der Waals surface area contributed by atoms with Crippen LogP contribution in [0.25, 0.3) is 0 Å². The van der Waals surface area contributed by atoms with E-state index in [2.05, 4.69) is 30.0 Å². The number of benzene rings is 1. The third kappa shape index (κ3) is 3.29. The van der Waals surface area contributed by atoms with Crippen LogP contribution in [0.5, 0.6) is 0 Å². The SMILES string of the molecule is COC(=O)c1cc(N2CCCC2CN(C)C)cc(C)c1N. The Morgan fingerprint density at radius 3 is 2.81 bits per heavy atom. The number of ether oxygens (including phenoxy) is 1. The van der Waals surface area contributed by atoms with Crippen molar-refractivity contribution in [1.29, 1.82) is 0 Å². The predicted octanol–water partition coefficient (Wildman–Crippen LogP) is 1.89. The van der Waals surface area contributed by atoms with Crippen molar-refractivity contribution in [1.82, 2.24) is 4.90 Å². The summed E-state index contributed by atoms with van der Waals surface area (Å²) in [6.07, 6.45) is 2.35. The van der Waals surface area contributed by atoms with Crippen LogP contribution in [0.1, 0.15) is 28.8 Å². The molecule has 0 radical (unpaired) electrons. The van der Waals surface area contributed by atoms with Crippen molar-refractivity contribution >= 4 is 17.3 Å². The van der Waals surface area contributed by atoms with E-state index >= 15 is 0 Å². The zero-order valence-corrected chi connectivity index (χ0v) is 13.3. The van der Waals surface area contributed by atoms with Crippen molar-refractivity contribution in [3.8, 4) is 0 Å². The fourth-order valence-electron chi connectivity index (χ4n) is 3.01. The van der Waals surface area contributed by atoms with E-state index in [-0.39, 0.29) is 5.97 Å². The van der Waals surface area contributed by atoms with Crippen LogP contribution < -0.4 is 10.6 Å². The van der Waals surface area contributed by atoms with Crippen LogP contribution in [0.2, 0.25) is 0 Å². The molecule has 1 heterocycles. The van der Waals surface area contributed by atoms with Gasteiger partial charge in [0, 0.05) is 30.5 Å². The second kappa shape index (κ2) is 6.35. The minimum Gasteiger partial charge on any atom is -0.465 e. The third-order valence-electron chi connectivity index (χ3n) is 4.06. The number of nitrogens with zero attached hydrogens (tertiary/aromatic N) is 2. The largest absolute Gasteiger partial charge is 0.465 e. The lowest BCUT2D eigenvalue weighted by molar-refractivity contribution is 0.0602. The standard InChI is InChI=1S/C16H25N3O2/c1-11-8-13(9-14(15(11)17)16(20)21-4)19-7-5-6-12(19)10-18(2)3/h8-9,12H,5-7,10,17H2,1-4H3. The van der Waals surface area contributed by atoms with Crippen molar-refractivity contribution in [2.24, 2.45) is 0 Å². The molecule has 0 aromatic heterocycles. The average Bonchev–Trinajstić information content (AvgIpc) is 2.88. The van der Waals surface area contributed by atoms with Crippen molar-refractivity contribution in [3.63, 3.8) is 0 Å². The zero-order chi connectivity index (χ0) is 15.6. The Bertz CT molecular complexity index is 528. The van der Waals surface area contributed by atoms with Gasteiger partial charge in [0.05, 0.1) is 12.7 Å². The maximum Gasteiger partial charge on any atom is 0.340 e. The molecule has 2 N–H and O–H groups in total. The molecule has 1 atom stereocenters. The zero-order valence-electron chi connectivity index (χ0n) is 13.3. The molecule has 21 heavy (non-hydrogen) atoms. The summed E-state index contributed by atoms with van der Waals surface area (Å²) in [5.41, 5.74) is 8.97. The number of esters is 1. The van der Waals surface area contributed by atoms with Gasteiger partial charge in [0.1, 0.15) is 0 Å². The van der Waals surface area contributed by atoms with E-state index in [0.717, 1.165) is 24.3 Å². The van der Waals surface area contributed by atoms with E-state index < -0.39 is 0 Å². The van der Waals surface area contributed by atoms with Crippen LogP contribution in [0, 0.1) is 6.92 Å². The molecule has 1 aliphatic heterocycles. The van der Waals surface area contributed by atoms with Gasteiger partial charge >= 0.3 is 5.97 Å². The number of carbonyl (C=O) groups excluding carboxylic acids is 1. The molecule has 1 fully saturated rings. The Balaban J connectivity index is 2.35. The van der Waals surface area contributed by atoms with Crippen LogP contribution in [-0.4, -0.2) is 51.2 Å². The van der Waals surface area contributed by atoms with Gasteiger partial charge in [-0.25, -0.2) is 4.79 Å². The maximum atomic E-state index is 11.9. The number of rotatable bonds is 4. The third-order valence-corrected chi connectivity index (χ3v) is 4.06. The maximum absolute atomic E-state index is 11.9. The van der Waals surface area contributed by atoms with Gasteiger partial charge in [-0.15, -0.1) is 0 Å². The highest BCUT2D eigenvalue weighted by molar-refractivity contribution is 5.97. The van der Waals surface area contributed by atoms with Gasteiger partial charge in [0.2, 0.25) is 0 Å². The van der Waals surface area contributed by atoms with Gasteiger partial charge in [0.15, 0.2) is 0 Å². The molecule has 1 aromatic carbocycles. The summed E-state index contributed by atoms with van der Waals surface area (Å²) in [4.78, 5) is 16.5. The molecule has 116 valence electrons. The number of nitrogen functional groups attached to an aromatic ring is 1. The monoisotopic (exact) mass is 291 g/mol. The summed E-state index contributed by atoms with van der Waals surface area (Å²) in [7, 11) is 5.56. The number of anilines is 2. The Labute approximate surface area is 126 Å². The lowest BCUT2D eigenvalue weighted by atomic mass is 10.1. The number of likely N-dealkylation sites (N-methyl/N-ethyl adjacent to an activating group) is 1. The molecule has 0 bridgehead atoms. The summed E-state index contributed by atoms with van der Waals surface area (Å²) in [6, 6.07) is 4.41. The summed E-state index contributed by atoms with van der Waals surface area (Å²) in [5.74, 6) is -0.374. The Morgan fingerprint density at radius 2 is 2.19 bits per heavy atom. The fraction of sp³-hybridized carbons (Fsp3) is 0.562. The topological polar surface area (TPSA) is 58.8 Å². The van der Waals surface area contributed by atoms with Gasteiger partial charge in [0.25, 0.3) is 0 Å². The second-order valence-corrected chi connectivity index (χ2v) is 5.97.